The normalized spacial score (nSPS) is 10.9. The zero-order valence-corrected chi connectivity index (χ0v) is 10.6. The first-order valence-corrected chi connectivity index (χ1v) is 5.89. The van der Waals surface area contributed by atoms with E-state index >= 15 is 0 Å². The molecule has 1 rings (SSSR count). The molecule has 1 aromatic rings. The van der Waals surface area contributed by atoms with Gasteiger partial charge in [-0.25, -0.2) is 0 Å². The van der Waals surface area contributed by atoms with Crippen LogP contribution in [0, 0.1) is 6.92 Å². The van der Waals surface area contributed by atoms with Gasteiger partial charge in [-0.1, -0.05) is 5.16 Å². The third-order valence-electron chi connectivity index (χ3n) is 2.17. The van der Waals surface area contributed by atoms with Crippen LogP contribution < -0.4 is 5.32 Å². The van der Waals surface area contributed by atoms with Gasteiger partial charge in [0, 0.05) is 33.6 Å². The highest BCUT2D eigenvalue weighted by Crippen LogP contribution is 1.94. The third-order valence-corrected chi connectivity index (χ3v) is 2.17. The number of nitrogens with one attached hydrogen (secondary N) is 1. The van der Waals surface area contributed by atoms with Gasteiger partial charge in [-0.05, 0) is 13.0 Å². The Morgan fingerprint density at radius 3 is 2.82 bits per heavy atom. The van der Waals surface area contributed by atoms with E-state index in [4.69, 9.17) is 14.0 Å². The largest absolute Gasteiger partial charge is 0.382 e. The predicted molar refractivity (Wildman–Crippen MR) is 62.9 cm³/mol. The average molecular weight is 243 g/mol. The number of nitrogens with zero attached hydrogens (tertiary/aromatic N) is 2. The number of aromatic nitrogens is 2. The van der Waals surface area contributed by atoms with E-state index in [0.29, 0.717) is 19.1 Å². The fourth-order valence-corrected chi connectivity index (χ4v) is 1.31. The van der Waals surface area contributed by atoms with Crippen molar-refractivity contribution < 1.29 is 14.0 Å². The maximum Gasteiger partial charge on any atom is 0.223 e. The van der Waals surface area contributed by atoms with Gasteiger partial charge in [0.15, 0.2) is 5.82 Å². The van der Waals surface area contributed by atoms with Crippen LogP contribution in [0.1, 0.15) is 18.1 Å². The Balaban J connectivity index is 1.84. The molecule has 6 heteroatoms. The van der Waals surface area contributed by atoms with E-state index in [1.165, 1.54) is 0 Å². The Bertz CT molecular complexity index is 291. The maximum atomic E-state index is 5.34. The Kier molecular flexibility index (Phi) is 7.53. The summed E-state index contributed by atoms with van der Waals surface area (Å²) < 4.78 is 15.1. The first-order valence-electron chi connectivity index (χ1n) is 5.89. The van der Waals surface area contributed by atoms with Gasteiger partial charge in [-0.3, -0.25) is 0 Å². The molecule has 1 aromatic heterocycles. The lowest BCUT2D eigenvalue weighted by Crippen LogP contribution is -2.20. The van der Waals surface area contributed by atoms with Gasteiger partial charge in [-0.2, -0.15) is 4.98 Å². The Morgan fingerprint density at radius 2 is 2.12 bits per heavy atom. The monoisotopic (exact) mass is 243 g/mol. The van der Waals surface area contributed by atoms with Crippen LogP contribution in [0.4, 0.5) is 0 Å². The molecular weight excluding hydrogens is 222 g/mol. The average Bonchev–Trinajstić information content (AvgIpc) is 2.73. The van der Waals surface area contributed by atoms with E-state index in [1.807, 2.05) is 0 Å². The number of ether oxygens (including phenoxy) is 2. The molecule has 0 aliphatic carbocycles. The first kappa shape index (κ1) is 14.1. The summed E-state index contributed by atoms with van der Waals surface area (Å²) in [5, 5.41) is 7.12. The molecule has 6 nitrogen and oxygen atoms in total. The van der Waals surface area contributed by atoms with Crippen molar-refractivity contribution in [2.75, 3.05) is 40.0 Å². The number of methoxy groups -OCH3 is 1. The second-order valence-corrected chi connectivity index (χ2v) is 3.69. The van der Waals surface area contributed by atoms with Crippen LogP contribution in [0.2, 0.25) is 0 Å². The van der Waals surface area contributed by atoms with Crippen LogP contribution in [0.15, 0.2) is 4.52 Å². The fraction of sp³-hybridized carbons (Fsp3) is 0.818. The van der Waals surface area contributed by atoms with Crippen LogP contribution in [0.3, 0.4) is 0 Å². The molecule has 0 unspecified atom stereocenters. The number of hydrogen-bond acceptors (Lipinski definition) is 6. The number of aryl methyl sites for hydroxylation is 1. The summed E-state index contributed by atoms with van der Waals surface area (Å²) in [5.74, 6) is 1.37. The van der Waals surface area contributed by atoms with Gasteiger partial charge in [0.2, 0.25) is 5.89 Å². The van der Waals surface area contributed by atoms with Crippen molar-refractivity contribution >= 4 is 0 Å². The summed E-state index contributed by atoms with van der Waals surface area (Å²) in [6, 6.07) is 0. The van der Waals surface area contributed by atoms with Crippen molar-refractivity contribution in [3.63, 3.8) is 0 Å². The maximum absolute atomic E-state index is 5.34. The highest BCUT2D eigenvalue weighted by atomic mass is 16.5. The molecule has 0 saturated heterocycles. The summed E-state index contributed by atoms with van der Waals surface area (Å²) in [4.78, 5) is 4.12. The first-order chi connectivity index (χ1) is 8.33. The molecule has 0 atom stereocenters. The summed E-state index contributed by atoms with van der Waals surface area (Å²) in [6.07, 6.45) is 1.79. The van der Waals surface area contributed by atoms with Crippen molar-refractivity contribution in [3.8, 4) is 0 Å². The zero-order valence-electron chi connectivity index (χ0n) is 10.6. The molecule has 0 amide bonds. The molecule has 0 saturated carbocycles. The van der Waals surface area contributed by atoms with Crippen LogP contribution in [0.5, 0.6) is 0 Å². The highest BCUT2D eigenvalue weighted by molar-refractivity contribution is 4.84. The van der Waals surface area contributed by atoms with Gasteiger partial charge in [0.25, 0.3) is 0 Å². The van der Waals surface area contributed by atoms with Crippen molar-refractivity contribution in [2.24, 2.45) is 0 Å². The molecule has 98 valence electrons. The molecule has 0 aliphatic rings. The van der Waals surface area contributed by atoms with Gasteiger partial charge >= 0.3 is 0 Å². The second-order valence-electron chi connectivity index (χ2n) is 3.69. The van der Waals surface area contributed by atoms with Crippen LogP contribution in [-0.2, 0) is 15.9 Å². The zero-order chi connectivity index (χ0) is 12.3. The van der Waals surface area contributed by atoms with Crippen molar-refractivity contribution in [2.45, 2.75) is 19.8 Å². The van der Waals surface area contributed by atoms with Gasteiger partial charge < -0.3 is 19.3 Å². The molecule has 0 aliphatic heterocycles. The van der Waals surface area contributed by atoms with Gasteiger partial charge in [0.1, 0.15) is 0 Å². The van der Waals surface area contributed by atoms with E-state index < -0.39 is 0 Å². The summed E-state index contributed by atoms with van der Waals surface area (Å²) >= 11 is 0. The molecule has 0 bridgehead atoms. The quantitative estimate of drug-likeness (QED) is 0.606. The van der Waals surface area contributed by atoms with Gasteiger partial charge in [0.05, 0.1) is 13.2 Å². The Labute approximate surface area is 102 Å². The lowest BCUT2D eigenvalue weighted by molar-refractivity contribution is 0.0695. The molecule has 0 fully saturated rings. The standard InChI is InChI=1S/C11H21N3O3/c1-10-13-11(14-17-10)4-6-12-5-3-7-16-9-8-15-2/h12H,3-9H2,1-2H3. The predicted octanol–water partition coefficient (Wildman–Crippen LogP) is 0.563. The van der Waals surface area contributed by atoms with Crippen molar-refractivity contribution in [1.29, 1.82) is 0 Å². The van der Waals surface area contributed by atoms with Crippen LogP contribution in [-0.4, -0.2) is 50.2 Å². The molecule has 0 aromatic carbocycles. The minimum absolute atomic E-state index is 0.617. The number of hydrogen-bond donors (Lipinski definition) is 1. The smallest absolute Gasteiger partial charge is 0.223 e. The van der Waals surface area contributed by atoms with E-state index in [1.54, 1.807) is 14.0 Å². The van der Waals surface area contributed by atoms with E-state index in [0.717, 1.165) is 38.4 Å². The van der Waals surface area contributed by atoms with E-state index in [9.17, 15) is 0 Å². The summed E-state index contributed by atoms with van der Waals surface area (Å²) in [5.41, 5.74) is 0. The molecular formula is C11H21N3O3. The molecule has 0 spiro atoms. The molecule has 17 heavy (non-hydrogen) atoms. The third kappa shape index (κ3) is 7.04. The topological polar surface area (TPSA) is 69.4 Å². The van der Waals surface area contributed by atoms with Gasteiger partial charge in [-0.15, -0.1) is 0 Å². The van der Waals surface area contributed by atoms with E-state index in [-0.39, 0.29) is 0 Å². The number of rotatable bonds is 10. The fourth-order valence-electron chi connectivity index (χ4n) is 1.31. The Morgan fingerprint density at radius 1 is 1.24 bits per heavy atom. The van der Waals surface area contributed by atoms with Crippen LogP contribution in [0.25, 0.3) is 0 Å². The minimum Gasteiger partial charge on any atom is -0.382 e. The van der Waals surface area contributed by atoms with Crippen molar-refractivity contribution in [3.05, 3.63) is 11.7 Å². The molecule has 1 N–H and O–H groups in total. The second kappa shape index (κ2) is 9.09. The minimum atomic E-state index is 0.617. The summed E-state index contributed by atoms with van der Waals surface area (Å²) in [6.45, 7) is 5.67. The lowest BCUT2D eigenvalue weighted by atomic mass is 10.4. The van der Waals surface area contributed by atoms with Crippen molar-refractivity contribution in [1.82, 2.24) is 15.5 Å². The SMILES string of the molecule is COCCOCCCNCCc1noc(C)n1. The lowest BCUT2D eigenvalue weighted by Gasteiger charge is -2.04. The molecule has 0 radical (unpaired) electrons. The van der Waals surface area contributed by atoms with E-state index in [2.05, 4.69) is 15.5 Å². The summed E-state index contributed by atoms with van der Waals surface area (Å²) in [7, 11) is 1.67. The highest BCUT2D eigenvalue weighted by Gasteiger charge is 2.00. The molecule has 1 heterocycles. The Hall–Kier alpha value is -0.980. The van der Waals surface area contributed by atoms with Crippen LogP contribution >= 0.6 is 0 Å².